The molecule has 4 amide bonds. The van der Waals surface area contributed by atoms with E-state index >= 15 is 0 Å². The smallest absolute Gasteiger partial charge is 0.324 e. The first kappa shape index (κ1) is 47.5. The number of hydrogen-bond donors (Lipinski definition) is 3. The van der Waals surface area contributed by atoms with Gasteiger partial charge in [-0.1, -0.05) is 46.4 Å². The first-order valence-electron chi connectivity index (χ1n) is 23.0. The molecule has 3 aromatic rings. The summed E-state index contributed by atoms with van der Waals surface area (Å²) in [5.74, 6) is -2.81. The number of aromatic hydroxyl groups is 1. The molecule has 0 radical (unpaired) electrons. The molecule has 4 aliphatic heterocycles. The fraction of sp³-hybridized carbons (Fsp3) is 0.540. The number of amides is 4. The van der Waals surface area contributed by atoms with Gasteiger partial charge in [0.25, 0.3) is 5.91 Å². The number of likely N-dealkylation sites (N-methyl/N-ethyl adjacent to an activating group) is 1. The summed E-state index contributed by atoms with van der Waals surface area (Å²) in [5, 5.41) is 16.7. The number of esters is 1. The second kappa shape index (κ2) is 19.9. The van der Waals surface area contributed by atoms with E-state index in [4.69, 9.17) is 14.2 Å². The molecule has 7 rings (SSSR count). The Labute approximate surface area is 382 Å². The molecule has 65 heavy (non-hydrogen) atoms. The minimum absolute atomic E-state index is 0.000458. The first-order chi connectivity index (χ1) is 31.0. The summed E-state index contributed by atoms with van der Waals surface area (Å²) in [7, 11) is 3.28. The molecule has 2 fully saturated rings. The molecule has 15 heteroatoms. The third-order valence-corrected chi connectivity index (χ3v) is 13.3. The van der Waals surface area contributed by atoms with Crippen LogP contribution in [0.2, 0.25) is 0 Å². The summed E-state index contributed by atoms with van der Waals surface area (Å²) < 4.78 is 20.0. The lowest BCUT2D eigenvalue weighted by molar-refractivity contribution is -0.155. The quantitative estimate of drug-likeness (QED) is 0.186. The van der Waals surface area contributed by atoms with Gasteiger partial charge in [0.1, 0.15) is 23.9 Å². The number of carbonyl (C=O) groups excluding carboxylic acids is 5. The van der Waals surface area contributed by atoms with E-state index in [2.05, 4.69) is 54.8 Å². The Bertz CT molecular complexity index is 2370. The maximum atomic E-state index is 14.7. The van der Waals surface area contributed by atoms with Crippen LogP contribution in [0.25, 0.3) is 27.6 Å². The number of nitrogens with one attached hydrogen (secondary N) is 2. The van der Waals surface area contributed by atoms with E-state index in [1.807, 2.05) is 26.0 Å². The Morgan fingerprint density at radius 2 is 1.89 bits per heavy atom. The lowest BCUT2D eigenvalue weighted by Gasteiger charge is -2.37. The number of cyclic esters (lactones) is 1. The average molecular weight is 895 g/mol. The maximum absolute atomic E-state index is 14.7. The number of phenolic OH excluding ortho intramolecular Hbond substituents is 1. The van der Waals surface area contributed by atoms with Crippen molar-refractivity contribution in [3.8, 4) is 16.9 Å². The summed E-state index contributed by atoms with van der Waals surface area (Å²) >= 11 is 0. The van der Waals surface area contributed by atoms with E-state index in [-0.39, 0.29) is 49.6 Å². The van der Waals surface area contributed by atoms with Crippen molar-refractivity contribution in [1.82, 2.24) is 30.1 Å². The molecule has 1 unspecified atom stereocenters. The van der Waals surface area contributed by atoms with Gasteiger partial charge in [-0.3, -0.25) is 29.0 Å². The molecular weight excluding hydrogens is 829 g/mol. The van der Waals surface area contributed by atoms with Gasteiger partial charge in [-0.25, -0.2) is 5.43 Å². The Kier molecular flexibility index (Phi) is 14.5. The highest BCUT2D eigenvalue weighted by Gasteiger charge is 2.40. The molecule has 1 aromatic heterocycles. The normalized spacial score (nSPS) is 22.1. The topological polar surface area (TPSA) is 172 Å². The number of hydrazine groups is 1. The Morgan fingerprint density at radius 3 is 2.62 bits per heavy atom. The molecule has 4 aliphatic rings. The number of rotatable bonds is 10. The molecule has 5 heterocycles. The Balaban J connectivity index is 1.30. The molecular formula is C50H66N6O9. The highest BCUT2D eigenvalue weighted by molar-refractivity contribution is 5.95. The molecule has 0 saturated carbocycles. The van der Waals surface area contributed by atoms with Gasteiger partial charge < -0.3 is 39.0 Å². The largest absolute Gasteiger partial charge is 0.508 e. The van der Waals surface area contributed by atoms with Crippen LogP contribution in [0, 0.1) is 17.3 Å². The second-order valence-corrected chi connectivity index (χ2v) is 19.1. The molecule has 3 N–H and O–H groups in total. The van der Waals surface area contributed by atoms with Gasteiger partial charge in [0.05, 0.1) is 32.3 Å². The molecule has 6 bridgehead atoms. The molecule has 350 valence electrons. The monoisotopic (exact) mass is 894 g/mol. The van der Waals surface area contributed by atoms with Crippen molar-refractivity contribution in [2.24, 2.45) is 17.3 Å². The zero-order chi connectivity index (χ0) is 46.7. The van der Waals surface area contributed by atoms with Gasteiger partial charge in [0.15, 0.2) is 0 Å². The van der Waals surface area contributed by atoms with Gasteiger partial charge in [0, 0.05) is 68.8 Å². The number of aromatic nitrogens is 1. The molecule has 4 atom stereocenters. The van der Waals surface area contributed by atoms with Gasteiger partial charge in [-0.15, -0.1) is 0 Å². The number of likely N-dealkylation sites (tertiary alicyclic amines) is 1. The van der Waals surface area contributed by atoms with E-state index in [1.165, 1.54) is 21.6 Å². The number of hydrogen-bond acceptors (Lipinski definition) is 10. The highest BCUT2D eigenvalue weighted by atomic mass is 16.5. The summed E-state index contributed by atoms with van der Waals surface area (Å²) in [6, 6.07) is 8.64. The number of phenols is 1. The van der Waals surface area contributed by atoms with Crippen molar-refractivity contribution in [3.05, 3.63) is 71.4 Å². The van der Waals surface area contributed by atoms with E-state index in [0.29, 0.717) is 64.2 Å². The fourth-order valence-electron chi connectivity index (χ4n) is 10.2. The zero-order valence-corrected chi connectivity index (χ0v) is 39.0. The van der Waals surface area contributed by atoms with Gasteiger partial charge >= 0.3 is 5.97 Å². The van der Waals surface area contributed by atoms with E-state index < -0.39 is 47.2 Å². The summed E-state index contributed by atoms with van der Waals surface area (Å²) in [5.41, 5.74) is 10.4. The average Bonchev–Trinajstić information content (AvgIpc) is 3.90. The predicted octanol–water partition coefficient (Wildman–Crippen LogP) is 5.02. The maximum Gasteiger partial charge on any atom is 0.324 e. The van der Waals surface area contributed by atoms with Gasteiger partial charge in [0.2, 0.25) is 17.7 Å². The summed E-state index contributed by atoms with van der Waals surface area (Å²) in [6.45, 7) is 16.8. The van der Waals surface area contributed by atoms with Crippen LogP contribution in [0.5, 0.6) is 5.75 Å². The molecule has 2 saturated heterocycles. The van der Waals surface area contributed by atoms with Crippen LogP contribution in [0.3, 0.4) is 0 Å². The second-order valence-electron chi connectivity index (χ2n) is 19.1. The standard InChI is InChI=1S/C50H66N6O9/c1-9-43(58)54-18-15-33(26-54)47(60)53(7)44(30(3)4)46(59)51-41-22-31-20-34(23-36(57)21-31)32-13-14-42-38(24-32)39(45(55(42)10-2)37-16-19-64-28-35(37)27-63-8)25-50(5,6)29-65-49(62)40-12-11-17-56(52-40)48(41)61/h9,13-14,20-21,23-24,30,33,40-41,44,52,57H,1,10-12,15-19,22,25-29H2,2-8H3,(H,51,59)/t33-,40-,41-,44?/m0/s1. The van der Waals surface area contributed by atoms with Crippen LogP contribution >= 0.6 is 0 Å². The summed E-state index contributed by atoms with van der Waals surface area (Å²) in [4.78, 5) is 72.3. The van der Waals surface area contributed by atoms with Crippen LogP contribution in [0.1, 0.15) is 77.1 Å². The Morgan fingerprint density at radius 1 is 1.11 bits per heavy atom. The number of benzene rings is 2. The molecule has 0 aliphatic carbocycles. The van der Waals surface area contributed by atoms with Crippen LogP contribution in [-0.2, 0) is 57.6 Å². The van der Waals surface area contributed by atoms with Crippen molar-refractivity contribution in [2.45, 2.75) is 97.8 Å². The number of methoxy groups -OCH3 is 1. The fourth-order valence-corrected chi connectivity index (χ4v) is 10.2. The zero-order valence-electron chi connectivity index (χ0n) is 39.0. The van der Waals surface area contributed by atoms with Gasteiger partial charge in [-0.05, 0) is 109 Å². The third-order valence-electron chi connectivity index (χ3n) is 13.3. The lowest BCUT2D eigenvalue weighted by Crippen LogP contribution is -2.62. The van der Waals surface area contributed by atoms with Crippen molar-refractivity contribution >= 4 is 46.1 Å². The van der Waals surface area contributed by atoms with Crippen molar-refractivity contribution in [2.75, 3.05) is 60.2 Å². The van der Waals surface area contributed by atoms with Crippen LogP contribution in [0.4, 0.5) is 0 Å². The van der Waals surface area contributed by atoms with Crippen molar-refractivity contribution in [3.63, 3.8) is 0 Å². The Hall–Kier alpha value is -5.51. The van der Waals surface area contributed by atoms with Crippen molar-refractivity contribution < 1.29 is 43.3 Å². The van der Waals surface area contributed by atoms with Crippen LogP contribution < -0.4 is 10.7 Å². The van der Waals surface area contributed by atoms with Crippen LogP contribution in [0.15, 0.2) is 54.6 Å². The van der Waals surface area contributed by atoms with Crippen LogP contribution in [-0.4, -0.2) is 132 Å². The molecule has 0 spiro atoms. The van der Waals surface area contributed by atoms with Gasteiger partial charge in [-0.2, -0.15) is 0 Å². The third kappa shape index (κ3) is 10.2. The number of fused-ring (bicyclic) bond motifs is 6. The predicted molar refractivity (Wildman–Crippen MR) is 247 cm³/mol. The van der Waals surface area contributed by atoms with Crippen molar-refractivity contribution in [1.29, 1.82) is 0 Å². The highest BCUT2D eigenvalue weighted by Crippen LogP contribution is 2.41. The number of carbonyl (C=O) groups is 5. The lowest BCUT2D eigenvalue weighted by atomic mass is 9.83. The minimum atomic E-state index is -1.15. The first-order valence-corrected chi connectivity index (χ1v) is 23.0. The summed E-state index contributed by atoms with van der Waals surface area (Å²) in [6.07, 6.45) is 3.97. The SMILES string of the molecule is C=CC(=O)N1CC[C@H](C(=O)N(C)C(C(=O)N[C@H]2Cc3cc(O)cc(c3)-c3ccc4c(c3)c(c(C3=C(COC)COCC3)n4CC)CC(C)(C)COC(=O)[C@@H]3CCCN(N3)C2=O)C(C)C)C1. The molecule has 2 aromatic carbocycles. The number of nitrogens with zero attached hydrogens (tertiary/aromatic N) is 4. The van der Waals surface area contributed by atoms with E-state index in [0.717, 1.165) is 45.3 Å². The number of ether oxygens (including phenoxy) is 3. The van der Waals surface area contributed by atoms with E-state index in [9.17, 15) is 29.1 Å². The number of aryl methyl sites for hydroxylation is 1. The molecule has 15 nitrogen and oxygen atoms in total. The van der Waals surface area contributed by atoms with E-state index in [1.54, 1.807) is 31.2 Å². The minimum Gasteiger partial charge on any atom is -0.508 e.